The van der Waals surface area contributed by atoms with Gasteiger partial charge in [0.15, 0.2) is 0 Å². The predicted molar refractivity (Wildman–Crippen MR) is 72.4 cm³/mol. The maximum Gasteiger partial charge on any atom is 0.255 e. The number of hydrogen-bond acceptors (Lipinski definition) is 3. The lowest BCUT2D eigenvalue weighted by molar-refractivity contribution is 0.0708. The summed E-state index contributed by atoms with van der Waals surface area (Å²) in [6.07, 6.45) is 1.51. The molecule has 1 aromatic heterocycles. The minimum atomic E-state index is -0.173. The highest BCUT2D eigenvalue weighted by Crippen LogP contribution is 2.09. The Balaban J connectivity index is 0.00000162. The Hall–Kier alpha value is -1.33. The van der Waals surface area contributed by atoms with E-state index in [0.717, 1.165) is 12.1 Å². The minimum absolute atomic E-state index is 0. The van der Waals surface area contributed by atoms with Crippen molar-refractivity contribution in [2.45, 2.75) is 19.9 Å². The lowest BCUT2D eigenvalue weighted by atomic mass is 10.1. The summed E-state index contributed by atoms with van der Waals surface area (Å²) >= 11 is 0. The number of halogens is 1. The third-order valence-electron chi connectivity index (χ3n) is 3.02. The minimum Gasteiger partial charge on any atom is -0.336 e. The molecule has 18 heavy (non-hydrogen) atoms. The van der Waals surface area contributed by atoms with Crippen LogP contribution in [0, 0.1) is 6.92 Å². The molecule has 2 heterocycles. The maximum atomic E-state index is 12.3. The number of nitrogens with one attached hydrogen (secondary N) is 2. The van der Waals surface area contributed by atoms with Crippen LogP contribution in [0.2, 0.25) is 0 Å². The number of piperazine rings is 1. The fourth-order valence-corrected chi connectivity index (χ4v) is 2.09. The van der Waals surface area contributed by atoms with E-state index in [-0.39, 0.29) is 23.9 Å². The van der Waals surface area contributed by atoms with Gasteiger partial charge in [0.25, 0.3) is 5.91 Å². The van der Waals surface area contributed by atoms with E-state index in [1.165, 1.54) is 12.3 Å². The molecular weight excluding hydrogens is 254 g/mol. The molecule has 0 aromatic carbocycles. The molecule has 1 amide bonds. The number of aryl methyl sites for hydroxylation is 1. The molecule has 0 spiro atoms. The summed E-state index contributed by atoms with van der Waals surface area (Å²) in [5.41, 5.74) is 1.14. The first kappa shape index (κ1) is 14.7. The van der Waals surface area contributed by atoms with Crippen LogP contribution in [0.1, 0.15) is 22.8 Å². The summed E-state index contributed by atoms with van der Waals surface area (Å²) in [6, 6.07) is 1.77. The van der Waals surface area contributed by atoms with Gasteiger partial charge < -0.3 is 15.2 Å². The van der Waals surface area contributed by atoms with Crippen LogP contribution in [0.5, 0.6) is 0 Å². The highest BCUT2D eigenvalue weighted by Gasteiger charge is 2.22. The predicted octanol–water partition coefficient (Wildman–Crippen LogP) is 0.539. The average molecular weight is 272 g/mol. The van der Waals surface area contributed by atoms with Gasteiger partial charge in [-0.3, -0.25) is 9.59 Å². The first-order valence-electron chi connectivity index (χ1n) is 5.80. The van der Waals surface area contributed by atoms with E-state index in [9.17, 15) is 9.59 Å². The highest BCUT2D eigenvalue weighted by molar-refractivity contribution is 5.95. The lowest BCUT2D eigenvalue weighted by Crippen LogP contribution is -2.51. The molecule has 1 aliphatic heterocycles. The fourth-order valence-electron chi connectivity index (χ4n) is 2.09. The smallest absolute Gasteiger partial charge is 0.255 e. The van der Waals surface area contributed by atoms with Gasteiger partial charge in [-0.15, -0.1) is 12.4 Å². The summed E-state index contributed by atoms with van der Waals surface area (Å²) in [5, 5.41) is 3.29. The van der Waals surface area contributed by atoms with Crippen molar-refractivity contribution in [2.24, 2.45) is 0 Å². The van der Waals surface area contributed by atoms with Gasteiger partial charge in [0.2, 0.25) is 5.56 Å². The van der Waals surface area contributed by atoms with Crippen molar-refractivity contribution in [3.63, 3.8) is 0 Å². The number of pyridine rings is 1. The first-order chi connectivity index (χ1) is 8.08. The van der Waals surface area contributed by atoms with Crippen molar-refractivity contribution >= 4 is 18.3 Å². The van der Waals surface area contributed by atoms with E-state index in [4.69, 9.17) is 0 Å². The van der Waals surface area contributed by atoms with Crippen LogP contribution in [0.15, 0.2) is 17.1 Å². The molecule has 1 atom stereocenters. The number of H-pyrrole nitrogens is 1. The lowest BCUT2D eigenvalue weighted by Gasteiger charge is -2.32. The zero-order valence-corrected chi connectivity index (χ0v) is 11.3. The third-order valence-corrected chi connectivity index (χ3v) is 3.02. The molecule has 0 radical (unpaired) electrons. The number of hydrogen-bond donors (Lipinski definition) is 2. The average Bonchev–Trinajstić information content (AvgIpc) is 2.28. The summed E-state index contributed by atoms with van der Waals surface area (Å²) in [4.78, 5) is 27.7. The Morgan fingerprint density at radius 2 is 2.22 bits per heavy atom. The normalized spacial score (nSPS) is 19.2. The molecule has 2 N–H and O–H groups in total. The Morgan fingerprint density at radius 3 is 2.83 bits per heavy atom. The van der Waals surface area contributed by atoms with Gasteiger partial charge in [-0.2, -0.15) is 0 Å². The molecular formula is C12H18ClN3O2. The Bertz CT molecular complexity index is 486. The van der Waals surface area contributed by atoms with Crippen LogP contribution >= 0.6 is 12.4 Å². The molecule has 5 nitrogen and oxygen atoms in total. The topological polar surface area (TPSA) is 65.2 Å². The van der Waals surface area contributed by atoms with Crippen LogP contribution in [-0.2, 0) is 0 Å². The van der Waals surface area contributed by atoms with Gasteiger partial charge >= 0.3 is 0 Å². The number of rotatable bonds is 1. The summed E-state index contributed by atoms with van der Waals surface area (Å²) < 4.78 is 0. The van der Waals surface area contributed by atoms with Gasteiger partial charge in [-0.05, 0) is 19.4 Å². The van der Waals surface area contributed by atoms with Crippen molar-refractivity contribution in [1.82, 2.24) is 15.2 Å². The SMILES string of the molecule is Cc1cc(=O)[nH]cc1C(=O)N1CCNC(C)C1.Cl. The molecule has 0 bridgehead atoms. The van der Waals surface area contributed by atoms with Crippen molar-refractivity contribution in [2.75, 3.05) is 19.6 Å². The van der Waals surface area contributed by atoms with Crippen LogP contribution < -0.4 is 10.9 Å². The number of nitrogens with zero attached hydrogens (tertiary/aromatic N) is 1. The second kappa shape index (κ2) is 6.02. The van der Waals surface area contributed by atoms with Gasteiger partial charge in [0.05, 0.1) is 5.56 Å². The summed E-state index contributed by atoms with van der Waals surface area (Å²) in [5.74, 6) is -0.00731. The number of carbonyl (C=O) groups excluding carboxylic acids is 1. The number of amides is 1. The second-order valence-corrected chi connectivity index (χ2v) is 4.50. The number of carbonyl (C=O) groups is 1. The van der Waals surface area contributed by atoms with Crippen LogP contribution in [0.3, 0.4) is 0 Å². The molecule has 0 aliphatic carbocycles. The quantitative estimate of drug-likeness (QED) is 0.784. The van der Waals surface area contributed by atoms with E-state index in [0.29, 0.717) is 24.7 Å². The van der Waals surface area contributed by atoms with Crippen molar-refractivity contribution < 1.29 is 4.79 Å². The molecule has 1 unspecified atom stereocenters. The molecule has 0 saturated carbocycles. The Kier molecular flexibility index (Phi) is 4.93. The van der Waals surface area contributed by atoms with E-state index in [1.54, 1.807) is 6.92 Å². The molecule has 1 aromatic rings. The maximum absolute atomic E-state index is 12.3. The second-order valence-electron chi connectivity index (χ2n) is 4.50. The van der Waals surface area contributed by atoms with Gasteiger partial charge in [-0.25, -0.2) is 0 Å². The van der Waals surface area contributed by atoms with E-state index in [2.05, 4.69) is 17.2 Å². The molecule has 6 heteroatoms. The van der Waals surface area contributed by atoms with E-state index >= 15 is 0 Å². The largest absolute Gasteiger partial charge is 0.336 e. The zero-order chi connectivity index (χ0) is 12.4. The van der Waals surface area contributed by atoms with Crippen molar-refractivity contribution in [3.8, 4) is 0 Å². The number of aromatic amines is 1. The molecule has 2 rings (SSSR count). The third kappa shape index (κ3) is 3.11. The Morgan fingerprint density at radius 1 is 1.50 bits per heavy atom. The van der Waals surface area contributed by atoms with E-state index in [1.807, 2.05) is 4.90 Å². The molecule has 1 fully saturated rings. The highest BCUT2D eigenvalue weighted by atomic mass is 35.5. The molecule has 1 aliphatic rings. The van der Waals surface area contributed by atoms with Crippen molar-refractivity contribution in [1.29, 1.82) is 0 Å². The zero-order valence-electron chi connectivity index (χ0n) is 10.5. The molecule has 1 saturated heterocycles. The van der Waals surface area contributed by atoms with Crippen LogP contribution in [0.4, 0.5) is 0 Å². The standard InChI is InChI=1S/C12H17N3O2.ClH/c1-8-5-11(16)14-6-10(8)12(17)15-4-3-13-9(2)7-15;/h5-6,9,13H,3-4,7H2,1-2H3,(H,14,16);1H. The van der Waals surface area contributed by atoms with Gasteiger partial charge in [-0.1, -0.05) is 0 Å². The van der Waals surface area contributed by atoms with Crippen LogP contribution in [0.25, 0.3) is 0 Å². The van der Waals surface area contributed by atoms with Crippen molar-refractivity contribution in [3.05, 3.63) is 33.7 Å². The first-order valence-corrected chi connectivity index (χ1v) is 5.80. The van der Waals surface area contributed by atoms with Gasteiger partial charge in [0, 0.05) is 37.9 Å². The van der Waals surface area contributed by atoms with Gasteiger partial charge in [0.1, 0.15) is 0 Å². The monoisotopic (exact) mass is 271 g/mol. The van der Waals surface area contributed by atoms with E-state index < -0.39 is 0 Å². The summed E-state index contributed by atoms with van der Waals surface area (Å²) in [7, 11) is 0. The fraction of sp³-hybridized carbons (Fsp3) is 0.500. The summed E-state index contributed by atoms with van der Waals surface area (Å²) in [6.45, 7) is 6.07. The Labute approximate surface area is 112 Å². The molecule has 100 valence electrons. The number of aromatic nitrogens is 1. The van der Waals surface area contributed by atoms with Crippen LogP contribution in [-0.4, -0.2) is 41.5 Å².